The van der Waals surface area contributed by atoms with Crippen molar-refractivity contribution in [3.05, 3.63) is 5.82 Å². The number of rotatable bonds is 4. The molecule has 2 heterocycles. The van der Waals surface area contributed by atoms with Crippen LogP contribution in [0, 0.1) is 0 Å². The molecule has 5 nitrogen and oxygen atoms in total. The molecule has 0 radical (unpaired) electrons. The summed E-state index contributed by atoms with van der Waals surface area (Å²) in [5.74, 6) is 0.923. The molecule has 17 heavy (non-hydrogen) atoms. The Morgan fingerprint density at radius 3 is 2.88 bits per heavy atom. The molecule has 0 bridgehead atoms. The Hall–Kier alpha value is -0.590. The minimum atomic E-state index is 0.477. The predicted molar refractivity (Wildman–Crippen MR) is 65.9 cm³/mol. The maximum Gasteiger partial charge on any atom is 0.191 e. The van der Waals surface area contributed by atoms with E-state index in [1.54, 1.807) is 11.8 Å². The van der Waals surface area contributed by atoms with Crippen molar-refractivity contribution in [1.29, 1.82) is 0 Å². The summed E-state index contributed by atoms with van der Waals surface area (Å²) in [6.07, 6.45) is 4.83. The number of nitrogens with zero attached hydrogens (tertiary/aromatic N) is 3. The van der Waals surface area contributed by atoms with Crippen LogP contribution in [0.15, 0.2) is 5.16 Å². The van der Waals surface area contributed by atoms with Crippen LogP contribution in [-0.4, -0.2) is 33.2 Å². The molecule has 1 aromatic rings. The number of hydrogen-bond acceptors (Lipinski definition) is 5. The van der Waals surface area contributed by atoms with Crippen LogP contribution in [0.1, 0.15) is 37.5 Å². The lowest BCUT2D eigenvalue weighted by Gasteiger charge is -2.21. The zero-order valence-electron chi connectivity index (χ0n) is 9.84. The number of nitrogens with two attached hydrogens (primary N) is 1. The summed E-state index contributed by atoms with van der Waals surface area (Å²) in [5, 5.41) is 10.0. The smallest absolute Gasteiger partial charge is 0.191 e. The van der Waals surface area contributed by atoms with Crippen LogP contribution in [-0.2, 0) is 11.3 Å². The second kappa shape index (κ2) is 4.96. The van der Waals surface area contributed by atoms with Gasteiger partial charge in [0.25, 0.3) is 0 Å². The quantitative estimate of drug-likeness (QED) is 0.878. The molecule has 1 aliphatic carbocycles. The van der Waals surface area contributed by atoms with E-state index in [2.05, 4.69) is 14.8 Å². The first-order chi connectivity index (χ1) is 8.38. The average Bonchev–Trinajstić information content (AvgIpc) is 3.13. The van der Waals surface area contributed by atoms with Crippen molar-refractivity contribution in [3.63, 3.8) is 0 Å². The summed E-state index contributed by atoms with van der Waals surface area (Å²) in [4.78, 5) is 0. The lowest BCUT2D eigenvalue weighted by Crippen LogP contribution is -2.20. The molecule has 0 amide bonds. The van der Waals surface area contributed by atoms with E-state index >= 15 is 0 Å². The Morgan fingerprint density at radius 2 is 2.24 bits per heavy atom. The third-order valence-corrected chi connectivity index (χ3v) is 4.41. The zero-order chi connectivity index (χ0) is 11.7. The fraction of sp³-hybridized carbons (Fsp3) is 0.818. The van der Waals surface area contributed by atoms with E-state index in [1.165, 1.54) is 19.3 Å². The van der Waals surface area contributed by atoms with Crippen LogP contribution in [0.5, 0.6) is 0 Å². The minimum Gasteiger partial charge on any atom is -0.380 e. The van der Waals surface area contributed by atoms with Gasteiger partial charge in [0.1, 0.15) is 5.82 Å². The molecule has 1 unspecified atom stereocenters. The largest absolute Gasteiger partial charge is 0.380 e. The van der Waals surface area contributed by atoms with Gasteiger partial charge in [0, 0.05) is 17.9 Å². The third-order valence-electron chi connectivity index (χ3n) is 3.22. The highest BCUT2D eigenvalue weighted by Crippen LogP contribution is 2.40. The van der Waals surface area contributed by atoms with Crippen LogP contribution in [0.3, 0.4) is 0 Å². The van der Waals surface area contributed by atoms with Gasteiger partial charge in [-0.3, -0.25) is 0 Å². The first-order valence-corrected chi connectivity index (χ1v) is 7.14. The van der Waals surface area contributed by atoms with Crippen molar-refractivity contribution in [3.8, 4) is 0 Å². The van der Waals surface area contributed by atoms with Crippen LogP contribution in [0.4, 0.5) is 0 Å². The Morgan fingerprint density at radius 1 is 1.35 bits per heavy atom. The second-order valence-corrected chi connectivity index (χ2v) is 5.93. The van der Waals surface area contributed by atoms with Gasteiger partial charge < -0.3 is 15.0 Å². The SMILES string of the molecule is NCc1nnc(SC2CCCOC2)n1C1CC1. The van der Waals surface area contributed by atoms with Gasteiger partial charge in [0.15, 0.2) is 5.16 Å². The first kappa shape index (κ1) is 11.5. The molecule has 6 heteroatoms. The van der Waals surface area contributed by atoms with Gasteiger partial charge in [-0.25, -0.2) is 0 Å². The summed E-state index contributed by atoms with van der Waals surface area (Å²) in [6.45, 7) is 2.21. The topological polar surface area (TPSA) is 66.0 Å². The molecule has 2 N–H and O–H groups in total. The maximum absolute atomic E-state index is 5.71. The van der Waals surface area contributed by atoms with Gasteiger partial charge in [-0.2, -0.15) is 0 Å². The Kier molecular flexibility index (Phi) is 3.35. The third kappa shape index (κ3) is 2.48. The molecule has 2 aliphatic rings. The van der Waals surface area contributed by atoms with E-state index in [0.29, 0.717) is 17.8 Å². The molecular formula is C11H18N4OS. The monoisotopic (exact) mass is 254 g/mol. The van der Waals surface area contributed by atoms with Crippen molar-refractivity contribution in [1.82, 2.24) is 14.8 Å². The molecule has 0 aromatic carbocycles. The summed E-state index contributed by atoms with van der Waals surface area (Å²) in [5.41, 5.74) is 5.71. The van der Waals surface area contributed by atoms with Gasteiger partial charge >= 0.3 is 0 Å². The van der Waals surface area contributed by atoms with Crippen molar-refractivity contribution in [2.24, 2.45) is 5.73 Å². The second-order valence-electron chi connectivity index (χ2n) is 4.66. The van der Waals surface area contributed by atoms with Crippen LogP contribution >= 0.6 is 11.8 Å². The summed E-state index contributed by atoms with van der Waals surface area (Å²) in [6, 6.07) is 0.593. The highest BCUT2D eigenvalue weighted by Gasteiger charge is 2.30. The number of hydrogen-bond donors (Lipinski definition) is 1. The van der Waals surface area contributed by atoms with Crippen LogP contribution in [0.2, 0.25) is 0 Å². The number of ether oxygens (including phenoxy) is 1. The van der Waals surface area contributed by atoms with Crippen molar-refractivity contribution in [2.75, 3.05) is 13.2 Å². The predicted octanol–water partition coefficient (Wildman–Crippen LogP) is 1.34. The van der Waals surface area contributed by atoms with E-state index in [4.69, 9.17) is 10.5 Å². The molecule has 1 saturated heterocycles. The lowest BCUT2D eigenvalue weighted by molar-refractivity contribution is 0.101. The van der Waals surface area contributed by atoms with Crippen LogP contribution < -0.4 is 5.73 Å². The number of thioether (sulfide) groups is 1. The minimum absolute atomic E-state index is 0.477. The summed E-state index contributed by atoms with van der Waals surface area (Å²) >= 11 is 1.80. The first-order valence-electron chi connectivity index (χ1n) is 6.26. The molecule has 1 aromatic heterocycles. The normalized spacial score (nSPS) is 25.1. The van der Waals surface area contributed by atoms with Crippen molar-refractivity contribution in [2.45, 2.75) is 48.7 Å². The van der Waals surface area contributed by atoms with E-state index in [-0.39, 0.29) is 0 Å². The van der Waals surface area contributed by atoms with Gasteiger partial charge in [-0.05, 0) is 25.7 Å². The van der Waals surface area contributed by atoms with E-state index in [9.17, 15) is 0 Å². The molecule has 2 fully saturated rings. The van der Waals surface area contributed by atoms with Crippen LogP contribution in [0.25, 0.3) is 0 Å². The highest BCUT2D eigenvalue weighted by atomic mass is 32.2. The number of aromatic nitrogens is 3. The van der Waals surface area contributed by atoms with E-state index in [1.807, 2.05) is 0 Å². The highest BCUT2D eigenvalue weighted by molar-refractivity contribution is 7.99. The summed E-state index contributed by atoms with van der Waals surface area (Å²) in [7, 11) is 0. The molecule has 1 saturated carbocycles. The standard InChI is InChI=1S/C11H18N4OS/c12-6-10-13-14-11(15(10)8-3-4-8)17-9-2-1-5-16-7-9/h8-9H,1-7,12H2. The van der Waals surface area contributed by atoms with Crippen molar-refractivity contribution >= 4 is 11.8 Å². The van der Waals surface area contributed by atoms with Gasteiger partial charge in [0.2, 0.25) is 0 Å². The lowest BCUT2D eigenvalue weighted by atomic mass is 10.2. The molecule has 1 aliphatic heterocycles. The Bertz CT molecular complexity index is 385. The van der Waals surface area contributed by atoms with Crippen molar-refractivity contribution < 1.29 is 4.74 Å². The molecular weight excluding hydrogens is 236 g/mol. The molecule has 3 rings (SSSR count). The van der Waals surface area contributed by atoms with E-state index in [0.717, 1.165) is 30.6 Å². The Labute approximate surface area is 105 Å². The maximum atomic E-state index is 5.71. The van der Waals surface area contributed by atoms with Gasteiger partial charge in [0.05, 0.1) is 13.2 Å². The Balaban J connectivity index is 1.74. The molecule has 94 valence electrons. The van der Waals surface area contributed by atoms with Gasteiger partial charge in [-0.1, -0.05) is 11.8 Å². The fourth-order valence-corrected chi connectivity index (χ4v) is 3.38. The van der Waals surface area contributed by atoms with Gasteiger partial charge in [-0.15, -0.1) is 10.2 Å². The molecule has 1 atom stereocenters. The summed E-state index contributed by atoms with van der Waals surface area (Å²) < 4.78 is 7.74. The zero-order valence-corrected chi connectivity index (χ0v) is 10.7. The average molecular weight is 254 g/mol. The molecule has 0 spiro atoms. The van der Waals surface area contributed by atoms with E-state index < -0.39 is 0 Å². The fourth-order valence-electron chi connectivity index (χ4n) is 2.18.